The zero-order valence-corrected chi connectivity index (χ0v) is 21.6. The number of methoxy groups -OCH3 is 1. The molecule has 2 aliphatic heterocycles. The van der Waals surface area contributed by atoms with Crippen molar-refractivity contribution in [2.75, 3.05) is 38.6 Å². The van der Waals surface area contributed by atoms with E-state index in [2.05, 4.69) is 5.32 Å². The maximum atomic E-state index is 13.2. The third kappa shape index (κ3) is 5.23. The molecule has 2 aromatic rings. The van der Waals surface area contributed by atoms with Crippen LogP contribution in [-0.2, 0) is 20.0 Å². The number of anilines is 1. The minimum Gasteiger partial charge on any atom is -0.495 e. The van der Waals surface area contributed by atoms with E-state index in [1.807, 2.05) is 0 Å². The molecule has 1 amide bonds. The van der Waals surface area contributed by atoms with Crippen LogP contribution in [-0.4, -0.2) is 64.6 Å². The highest BCUT2D eigenvalue weighted by Gasteiger charge is 2.29. The Morgan fingerprint density at radius 3 is 1.89 bits per heavy atom. The van der Waals surface area contributed by atoms with Crippen LogP contribution in [0.4, 0.5) is 5.69 Å². The maximum Gasteiger partial charge on any atom is 0.256 e. The van der Waals surface area contributed by atoms with Gasteiger partial charge in [-0.2, -0.15) is 8.61 Å². The van der Waals surface area contributed by atoms with Crippen LogP contribution in [0.5, 0.6) is 5.75 Å². The van der Waals surface area contributed by atoms with E-state index >= 15 is 0 Å². The van der Waals surface area contributed by atoms with E-state index in [-0.39, 0.29) is 21.0 Å². The van der Waals surface area contributed by atoms with E-state index in [0.29, 0.717) is 37.5 Å². The molecule has 0 radical (unpaired) electrons. The average Bonchev–Trinajstić information content (AvgIpc) is 3.41. The van der Waals surface area contributed by atoms with Gasteiger partial charge in [0.15, 0.2) is 0 Å². The first-order valence-corrected chi connectivity index (χ1v) is 14.6. The van der Waals surface area contributed by atoms with Gasteiger partial charge in [0.25, 0.3) is 5.91 Å². The first kappa shape index (κ1) is 25.6. The number of ether oxygens (including phenoxy) is 1. The summed E-state index contributed by atoms with van der Waals surface area (Å²) in [5.41, 5.74) is 0.985. The summed E-state index contributed by atoms with van der Waals surface area (Å²) in [6.07, 6.45) is 4.26. The molecule has 11 heteroatoms. The van der Waals surface area contributed by atoms with Crippen molar-refractivity contribution >= 4 is 31.6 Å². The Kier molecular flexibility index (Phi) is 7.51. The van der Waals surface area contributed by atoms with Crippen molar-refractivity contribution in [3.8, 4) is 5.75 Å². The summed E-state index contributed by atoms with van der Waals surface area (Å²) in [6, 6.07) is 8.85. The van der Waals surface area contributed by atoms with Gasteiger partial charge in [-0.05, 0) is 68.5 Å². The molecule has 190 valence electrons. The number of hydrogen-bond donors (Lipinski definition) is 1. The molecule has 2 heterocycles. The topological polar surface area (TPSA) is 113 Å². The summed E-state index contributed by atoms with van der Waals surface area (Å²) in [5, 5.41) is 2.72. The Morgan fingerprint density at radius 1 is 0.800 bits per heavy atom. The van der Waals surface area contributed by atoms with Gasteiger partial charge in [0, 0.05) is 31.7 Å². The van der Waals surface area contributed by atoms with Crippen LogP contribution in [0.1, 0.15) is 48.0 Å². The first-order valence-electron chi connectivity index (χ1n) is 11.7. The van der Waals surface area contributed by atoms with Crippen molar-refractivity contribution in [1.82, 2.24) is 8.61 Å². The van der Waals surface area contributed by atoms with E-state index in [1.54, 1.807) is 13.0 Å². The van der Waals surface area contributed by atoms with E-state index in [4.69, 9.17) is 4.74 Å². The van der Waals surface area contributed by atoms with E-state index in [0.717, 1.165) is 32.1 Å². The normalized spacial score (nSPS) is 17.9. The number of carbonyl (C=O) groups excluding carboxylic acids is 1. The van der Waals surface area contributed by atoms with Crippen LogP contribution < -0.4 is 10.1 Å². The first-order chi connectivity index (χ1) is 16.6. The third-order valence-corrected chi connectivity index (χ3v) is 10.3. The molecule has 9 nitrogen and oxygen atoms in total. The van der Waals surface area contributed by atoms with Gasteiger partial charge >= 0.3 is 0 Å². The Morgan fingerprint density at radius 2 is 1.31 bits per heavy atom. The van der Waals surface area contributed by atoms with Gasteiger partial charge in [0.2, 0.25) is 20.0 Å². The minimum atomic E-state index is -3.71. The molecule has 2 aromatic carbocycles. The molecule has 0 bridgehead atoms. The lowest BCUT2D eigenvalue weighted by molar-refractivity contribution is 0.102. The molecule has 0 aromatic heterocycles. The van der Waals surface area contributed by atoms with Gasteiger partial charge in [-0.1, -0.05) is 12.5 Å². The molecule has 2 aliphatic rings. The summed E-state index contributed by atoms with van der Waals surface area (Å²) in [4.78, 5) is 13.4. The van der Waals surface area contributed by atoms with Crippen molar-refractivity contribution in [3.63, 3.8) is 0 Å². The van der Waals surface area contributed by atoms with Gasteiger partial charge in [-0.3, -0.25) is 4.79 Å². The van der Waals surface area contributed by atoms with Crippen molar-refractivity contribution < 1.29 is 26.4 Å². The second-order valence-corrected chi connectivity index (χ2v) is 12.7. The molecular formula is C24H31N3O6S2. The molecule has 0 atom stereocenters. The molecule has 0 saturated carbocycles. The molecule has 2 saturated heterocycles. The number of piperidine rings is 1. The van der Waals surface area contributed by atoms with Gasteiger partial charge in [-0.15, -0.1) is 0 Å². The average molecular weight is 522 g/mol. The SMILES string of the molecule is COc1ccc(S(=O)(=O)N2CCCC2)cc1NC(=O)c1cc(S(=O)(=O)N2CCCCC2)ccc1C. The fourth-order valence-electron chi connectivity index (χ4n) is 4.47. The fraction of sp³-hybridized carbons (Fsp3) is 0.458. The molecule has 2 fully saturated rings. The summed E-state index contributed by atoms with van der Waals surface area (Å²) in [5.74, 6) is -0.249. The lowest BCUT2D eigenvalue weighted by Gasteiger charge is -2.26. The number of rotatable bonds is 7. The van der Waals surface area contributed by atoms with E-state index in [1.165, 1.54) is 46.1 Å². The van der Waals surface area contributed by atoms with Crippen LogP contribution in [0.3, 0.4) is 0 Å². The van der Waals surface area contributed by atoms with Crippen LogP contribution in [0.25, 0.3) is 0 Å². The highest BCUT2D eigenvalue weighted by atomic mass is 32.2. The summed E-state index contributed by atoms with van der Waals surface area (Å²) >= 11 is 0. The summed E-state index contributed by atoms with van der Waals surface area (Å²) in [6.45, 7) is 3.58. The van der Waals surface area contributed by atoms with Crippen molar-refractivity contribution in [2.45, 2.75) is 48.8 Å². The van der Waals surface area contributed by atoms with Crippen molar-refractivity contribution in [3.05, 3.63) is 47.5 Å². The molecule has 35 heavy (non-hydrogen) atoms. The predicted octanol–water partition coefficient (Wildman–Crippen LogP) is 3.22. The minimum absolute atomic E-state index is 0.0625. The van der Waals surface area contributed by atoms with E-state index < -0.39 is 26.0 Å². The van der Waals surface area contributed by atoms with Crippen LogP contribution in [0.2, 0.25) is 0 Å². The predicted molar refractivity (Wildman–Crippen MR) is 133 cm³/mol. The zero-order valence-electron chi connectivity index (χ0n) is 20.0. The summed E-state index contributed by atoms with van der Waals surface area (Å²) in [7, 11) is -5.98. The van der Waals surface area contributed by atoms with Crippen LogP contribution in [0.15, 0.2) is 46.2 Å². The highest BCUT2D eigenvalue weighted by molar-refractivity contribution is 7.89. The van der Waals surface area contributed by atoms with E-state index in [9.17, 15) is 21.6 Å². The van der Waals surface area contributed by atoms with Gasteiger partial charge in [0.1, 0.15) is 5.75 Å². The smallest absolute Gasteiger partial charge is 0.256 e. The molecule has 0 unspecified atom stereocenters. The van der Waals surface area contributed by atoms with Gasteiger partial charge in [-0.25, -0.2) is 16.8 Å². The number of nitrogens with one attached hydrogen (secondary N) is 1. The third-order valence-electron chi connectivity index (χ3n) is 6.53. The Hall–Kier alpha value is -2.47. The summed E-state index contributed by atoms with van der Waals surface area (Å²) < 4.78 is 60.5. The largest absolute Gasteiger partial charge is 0.495 e. The fourth-order valence-corrected chi connectivity index (χ4v) is 7.56. The molecule has 1 N–H and O–H groups in total. The molecule has 0 spiro atoms. The maximum absolute atomic E-state index is 13.2. The Bertz CT molecular complexity index is 1310. The molecule has 0 aliphatic carbocycles. The van der Waals surface area contributed by atoms with Crippen molar-refractivity contribution in [2.24, 2.45) is 0 Å². The Balaban J connectivity index is 1.64. The number of aryl methyl sites for hydroxylation is 1. The van der Waals surface area contributed by atoms with Crippen molar-refractivity contribution in [1.29, 1.82) is 0 Å². The van der Waals surface area contributed by atoms with Gasteiger partial charge < -0.3 is 10.1 Å². The number of nitrogens with zero attached hydrogens (tertiary/aromatic N) is 2. The quantitative estimate of drug-likeness (QED) is 0.599. The lowest BCUT2D eigenvalue weighted by Crippen LogP contribution is -2.35. The number of carbonyl (C=O) groups is 1. The number of hydrogen-bond acceptors (Lipinski definition) is 6. The van der Waals surface area contributed by atoms with Crippen LogP contribution in [0, 0.1) is 6.92 Å². The standard InChI is InChI=1S/C24H31N3O6S2/c1-18-8-9-19(34(29,30)26-12-4-3-5-13-26)16-21(18)24(28)25-22-17-20(10-11-23(22)33-2)35(31,32)27-14-6-7-15-27/h8-11,16-17H,3-7,12-15H2,1-2H3,(H,25,28). The van der Waals surface area contributed by atoms with Gasteiger partial charge in [0.05, 0.1) is 22.6 Å². The monoisotopic (exact) mass is 521 g/mol. The number of benzene rings is 2. The Labute approximate surface area is 207 Å². The lowest BCUT2D eigenvalue weighted by atomic mass is 10.1. The number of sulfonamides is 2. The molecule has 4 rings (SSSR count). The highest BCUT2D eigenvalue weighted by Crippen LogP contribution is 2.31. The molecular weight excluding hydrogens is 490 g/mol. The second-order valence-electron chi connectivity index (χ2n) is 8.87. The zero-order chi connectivity index (χ0) is 25.2. The number of amides is 1. The second kappa shape index (κ2) is 10.3. The van der Waals surface area contributed by atoms with Crippen LogP contribution >= 0.6 is 0 Å².